The minimum Gasteiger partial charge on any atom is -0.360 e. The summed E-state index contributed by atoms with van der Waals surface area (Å²) in [6.07, 6.45) is -0.495. The molecule has 1 fully saturated rings. The number of hydrogen-bond donors (Lipinski definition) is 0. The number of alkyl halides is 1. The predicted octanol–water partition coefficient (Wildman–Crippen LogP) is -0.0238. The SMILES string of the molecule is N#CC1CN(C(=O)CCl)CCO1. The zero-order valence-electron chi connectivity index (χ0n) is 6.49. The van der Waals surface area contributed by atoms with Gasteiger partial charge >= 0.3 is 0 Å². The third-order valence-corrected chi connectivity index (χ3v) is 1.91. The molecule has 0 aromatic heterocycles. The zero-order valence-corrected chi connectivity index (χ0v) is 7.25. The fourth-order valence-corrected chi connectivity index (χ4v) is 1.21. The molecule has 0 aliphatic carbocycles. The molecule has 0 aromatic rings. The summed E-state index contributed by atoms with van der Waals surface area (Å²) in [7, 11) is 0. The number of nitrogens with zero attached hydrogens (tertiary/aromatic N) is 2. The van der Waals surface area contributed by atoms with Crippen molar-refractivity contribution in [2.24, 2.45) is 0 Å². The van der Waals surface area contributed by atoms with Crippen LogP contribution in [0.5, 0.6) is 0 Å². The van der Waals surface area contributed by atoms with Gasteiger partial charge in [0.05, 0.1) is 19.2 Å². The van der Waals surface area contributed by atoms with E-state index in [9.17, 15) is 4.79 Å². The molecule has 1 heterocycles. The molecule has 5 heteroatoms. The Morgan fingerprint density at radius 2 is 2.58 bits per heavy atom. The first-order valence-corrected chi connectivity index (χ1v) is 4.16. The quantitative estimate of drug-likeness (QED) is 0.544. The molecule has 1 aliphatic rings. The first-order chi connectivity index (χ1) is 5.77. The van der Waals surface area contributed by atoms with Crippen molar-refractivity contribution in [1.82, 2.24) is 4.90 Å². The second kappa shape index (κ2) is 4.29. The van der Waals surface area contributed by atoms with Gasteiger partial charge in [-0.25, -0.2) is 0 Å². The van der Waals surface area contributed by atoms with Crippen molar-refractivity contribution in [3.8, 4) is 6.07 Å². The number of halogens is 1. The molecule has 1 aliphatic heterocycles. The molecule has 1 rings (SSSR count). The van der Waals surface area contributed by atoms with Crippen molar-refractivity contribution in [2.75, 3.05) is 25.6 Å². The first kappa shape index (κ1) is 9.30. The van der Waals surface area contributed by atoms with Crippen LogP contribution in [0.3, 0.4) is 0 Å². The number of carbonyl (C=O) groups is 1. The van der Waals surface area contributed by atoms with Crippen LogP contribution in [-0.4, -0.2) is 42.5 Å². The van der Waals surface area contributed by atoms with Crippen molar-refractivity contribution < 1.29 is 9.53 Å². The van der Waals surface area contributed by atoms with E-state index in [1.807, 2.05) is 6.07 Å². The van der Waals surface area contributed by atoms with E-state index in [4.69, 9.17) is 21.6 Å². The smallest absolute Gasteiger partial charge is 0.237 e. The Kier molecular flexibility index (Phi) is 3.32. The Hall–Kier alpha value is -0.790. The summed E-state index contributed by atoms with van der Waals surface area (Å²) >= 11 is 5.36. The van der Waals surface area contributed by atoms with Gasteiger partial charge in [0.25, 0.3) is 0 Å². The molecular formula is C7H9ClN2O2. The highest BCUT2D eigenvalue weighted by molar-refractivity contribution is 6.27. The molecule has 66 valence electrons. The molecule has 1 atom stereocenters. The first-order valence-electron chi connectivity index (χ1n) is 3.63. The standard InChI is InChI=1S/C7H9ClN2O2/c8-3-7(11)10-1-2-12-6(4-9)5-10/h6H,1-3,5H2. The number of morpholine rings is 1. The second-order valence-electron chi connectivity index (χ2n) is 2.46. The fourth-order valence-electron chi connectivity index (χ4n) is 1.04. The highest BCUT2D eigenvalue weighted by Gasteiger charge is 2.22. The monoisotopic (exact) mass is 188 g/mol. The molecule has 0 spiro atoms. The number of nitriles is 1. The summed E-state index contributed by atoms with van der Waals surface area (Å²) in [4.78, 5) is 12.6. The van der Waals surface area contributed by atoms with Crippen LogP contribution in [0.2, 0.25) is 0 Å². The number of ether oxygens (including phenoxy) is 1. The minimum absolute atomic E-state index is 0.0296. The van der Waals surface area contributed by atoms with Gasteiger partial charge in [-0.3, -0.25) is 4.79 Å². The lowest BCUT2D eigenvalue weighted by Gasteiger charge is -2.29. The molecule has 0 radical (unpaired) electrons. The number of hydrogen-bond acceptors (Lipinski definition) is 3. The van der Waals surface area contributed by atoms with Gasteiger partial charge < -0.3 is 9.64 Å². The predicted molar refractivity (Wildman–Crippen MR) is 42.7 cm³/mol. The van der Waals surface area contributed by atoms with Crippen LogP contribution in [-0.2, 0) is 9.53 Å². The van der Waals surface area contributed by atoms with Crippen LogP contribution < -0.4 is 0 Å². The van der Waals surface area contributed by atoms with Gasteiger partial charge in [-0.1, -0.05) is 0 Å². The van der Waals surface area contributed by atoms with Crippen molar-refractivity contribution in [3.63, 3.8) is 0 Å². The second-order valence-corrected chi connectivity index (χ2v) is 2.73. The van der Waals surface area contributed by atoms with Crippen LogP contribution in [0.25, 0.3) is 0 Å². The van der Waals surface area contributed by atoms with Crippen LogP contribution in [0.4, 0.5) is 0 Å². The maximum atomic E-state index is 11.1. The molecule has 1 unspecified atom stereocenters. The molecule has 0 aromatic carbocycles. The average Bonchev–Trinajstić information content (AvgIpc) is 2.17. The Balaban J connectivity index is 2.47. The Morgan fingerprint density at radius 1 is 1.83 bits per heavy atom. The molecule has 0 N–H and O–H groups in total. The van der Waals surface area contributed by atoms with Crippen LogP contribution in [0.15, 0.2) is 0 Å². The third kappa shape index (κ3) is 2.10. The molecule has 0 bridgehead atoms. The van der Waals surface area contributed by atoms with E-state index >= 15 is 0 Å². The van der Waals surface area contributed by atoms with Crippen LogP contribution >= 0.6 is 11.6 Å². The largest absolute Gasteiger partial charge is 0.360 e. The van der Waals surface area contributed by atoms with E-state index in [1.54, 1.807) is 4.90 Å². The van der Waals surface area contributed by atoms with Gasteiger partial charge in [-0.2, -0.15) is 5.26 Å². The average molecular weight is 189 g/mol. The Bertz CT molecular complexity index is 214. The molecule has 12 heavy (non-hydrogen) atoms. The Morgan fingerprint density at radius 3 is 3.17 bits per heavy atom. The van der Waals surface area contributed by atoms with E-state index < -0.39 is 6.10 Å². The highest BCUT2D eigenvalue weighted by atomic mass is 35.5. The number of rotatable bonds is 1. The summed E-state index contributed by atoms with van der Waals surface area (Å²) in [5.41, 5.74) is 0. The van der Waals surface area contributed by atoms with Gasteiger partial charge in [0.2, 0.25) is 5.91 Å². The lowest BCUT2D eigenvalue weighted by Crippen LogP contribution is -2.45. The van der Waals surface area contributed by atoms with Crippen molar-refractivity contribution in [1.29, 1.82) is 5.26 Å². The topological polar surface area (TPSA) is 53.3 Å². The molecule has 0 saturated carbocycles. The summed E-state index contributed by atoms with van der Waals surface area (Å²) < 4.78 is 5.05. The van der Waals surface area contributed by atoms with Gasteiger partial charge in [0, 0.05) is 6.54 Å². The Labute approximate surface area is 75.7 Å². The van der Waals surface area contributed by atoms with Gasteiger partial charge in [0.1, 0.15) is 5.88 Å². The van der Waals surface area contributed by atoms with Gasteiger partial charge in [0.15, 0.2) is 6.10 Å². The van der Waals surface area contributed by atoms with Crippen molar-refractivity contribution >= 4 is 17.5 Å². The van der Waals surface area contributed by atoms with Crippen molar-refractivity contribution in [3.05, 3.63) is 0 Å². The maximum absolute atomic E-state index is 11.1. The fraction of sp³-hybridized carbons (Fsp3) is 0.714. The number of amides is 1. The maximum Gasteiger partial charge on any atom is 0.237 e. The van der Waals surface area contributed by atoms with Gasteiger partial charge in [-0.15, -0.1) is 11.6 Å². The van der Waals surface area contributed by atoms with E-state index in [0.717, 1.165) is 0 Å². The molecule has 1 amide bonds. The van der Waals surface area contributed by atoms with Crippen molar-refractivity contribution in [2.45, 2.75) is 6.10 Å². The third-order valence-electron chi connectivity index (χ3n) is 1.68. The zero-order chi connectivity index (χ0) is 8.97. The summed E-state index contributed by atoms with van der Waals surface area (Å²) in [5.74, 6) is -0.168. The minimum atomic E-state index is -0.495. The molecule has 1 saturated heterocycles. The van der Waals surface area contributed by atoms with Gasteiger partial charge in [-0.05, 0) is 0 Å². The molecular weight excluding hydrogens is 180 g/mol. The number of carbonyl (C=O) groups excluding carboxylic acids is 1. The summed E-state index contributed by atoms with van der Waals surface area (Å²) in [6.45, 7) is 1.28. The summed E-state index contributed by atoms with van der Waals surface area (Å²) in [6, 6.07) is 1.95. The van der Waals surface area contributed by atoms with E-state index in [-0.39, 0.29) is 11.8 Å². The van der Waals surface area contributed by atoms with Crippen LogP contribution in [0.1, 0.15) is 0 Å². The summed E-state index contributed by atoms with van der Waals surface area (Å²) in [5, 5.41) is 8.52. The van der Waals surface area contributed by atoms with Crippen LogP contribution in [0, 0.1) is 11.3 Å². The lowest BCUT2D eigenvalue weighted by molar-refractivity contribution is -0.134. The van der Waals surface area contributed by atoms with E-state index in [1.165, 1.54) is 0 Å². The lowest BCUT2D eigenvalue weighted by atomic mass is 10.3. The molecule has 4 nitrogen and oxygen atoms in total. The van der Waals surface area contributed by atoms with E-state index in [2.05, 4.69) is 0 Å². The van der Waals surface area contributed by atoms with E-state index in [0.29, 0.717) is 19.7 Å². The normalized spacial score (nSPS) is 23.3. The highest BCUT2D eigenvalue weighted by Crippen LogP contribution is 2.04.